The maximum atomic E-state index is 11.3. The Morgan fingerprint density at radius 2 is 2.07 bits per heavy atom. The number of carbonyl (C=O) groups is 1. The fourth-order valence-electron chi connectivity index (χ4n) is 1.33. The quantitative estimate of drug-likeness (QED) is 0.561. The highest BCUT2D eigenvalue weighted by Crippen LogP contribution is 2.08. The van der Waals surface area contributed by atoms with Crippen LogP contribution in [-0.4, -0.2) is 26.2 Å². The number of rotatable bonds is 4. The van der Waals surface area contributed by atoms with Crippen molar-refractivity contribution in [3.05, 3.63) is 29.8 Å². The molecule has 4 nitrogen and oxygen atoms in total. The first-order valence-electron chi connectivity index (χ1n) is 4.77. The molecule has 0 amide bonds. The van der Waals surface area contributed by atoms with Crippen molar-refractivity contribution in [2.45, 2.75) is 12.5 Å². The molecule has 0 saturated heterocycles. The van der Waals surface area contributed by atoms with Crippen LogP contribution in [0.25, 0.3) is 0 Å². The van der Waals surface area contributed by atoms with E-state index < -0.39 is 0 Å². The van der Waals surface area contributed by atoms with Gasteiger partial charge in [0.1, 0.15) is 6.04 Å². The number of carbonyl (C=O) groups excluding carboxylic acids is 1. The highest BCUT2D eigenvalue weighted by Gasteiger charge is 2.16. The SMILES string of the molecule is CNC(Cc1ccc(N)cc1)C(=O)OC. The lowest BCUT2D eigenvalue weighted by Crippen LogP contribution is -2.36. The zero-order valence-corrected chi connectivity index (χ0v) is 8.99. The summed E-state index contributed by atoms with van der Waals surface area (Å²) in [5, 5.41) is 2.91. The molecule has 1 rings (SSSR count). The maximum absolute atomic E-state index is 11.3. The Hall–Kier alpha value is -1.55. The Labute approximate surface area is 89.4 Å². The van der Waals surface area contributed by atoms with Crippen LogP contribution < -0.4 is 11.1 Å². The van der Waals surface area contributed by atoms with E-state index in [4.69, 9.17) is 5.73 Å². The van der Waals surface area contributed by atoms with Crippen molar-refractivity contribution in [2.24, 2.45) is 0 Å². The molecule has 0 fully saturated rings. The van der Waals surface area contributed by atoms with Crippen molar-refractivity contribution < 1.29 is 9.53 Å². The fraction of sp³-hybridized carbons (Fsp3) is 0.364. The standard InChI is InChI=1S/C11H16N2O2/c1-13-10(11(14)15-2)7-8-3-5-9(12)6-4-8/h3-6,10,13H,7,12H2,1-2H3. The van der Waals surface area contributed by atoms with Gasteiger partial charge in [-0.3, -0.25) is 4.79 Å². The molecule has 0 bridgehead atoms. The topological polar surface area (TPSA) is 64.3 Å². The summed E-state index contributed by atoms with van der Waals surface area (Å²) in [4.78, 5) is 11.3. The van der Waals surface area contributed by atoms with Gasteiger partial charge in [0.2, 0.25) is 0 Å². The smallest absolute Gasteiger partial charge is 0.323 e. The predicted molar refractivity (Wildman–Crippen MR) is 59.4 cm³/mol. The Morgan fingerprint density at radius 1 is 1.47 bits per heavy atom. The minimum Gasteiger partial charge on any atom is -0.468 e. The lowest BCUT2D eigenvalue weighted by Gasteiger charge is -2.13. The second kappa shape index (κ2) is 5.36. The summed E-state index contributed by atoms with van der Waals surface area (Å²) in [6.07, 6.45) is 0.601. The molecule has 0 radical (unpaired) electrons. The average Bonchev–Trinajstić information content (AvgIpc) is 2.27. The van der Waals surface area contributed by atoms with Crippen LogP contribution in [0.2, 0.25) is 0 Å². The second-order valence-corrected chi connectivity index (χ2v) is 3.31. The van der Waals surface area contributed by atoms with Gasteiger partial charge in [-0.2, -0.15) is 0 Å². The molecule has 3 N–H and O–H groups in total. The zero-order chi connectivity index (χ0) is 11.3. The monoisotopic (exact) mass is 208 g/mol. The Kier molecular flexibility index (Phi) is 4.12. The van der Waals surface area contributed by atoms with E-state index >= 15 is 0 Å². The minimum atomic E-state index is -0.307. The average molecular weight is 208 g/mol. The molecule has 1 aromatic carbocycles. The normalized spacial score (nSPS) is 12.1. The van der Waals surface area contributed by atoms with Crippen LogP contribution in [0.15, 0.2) is 24.3 Å². The molecular formula is C11H16N2O2. The van der Waals surface area contributed by atoms with E-state index in [2.05, 4.69) is 10.1 Å². The van der Waals surface area contributed by atoms with Crippen LogP contribution in [-0.2, 0) is 16.0 Å². The lowest BCUT2D eigenvalue weighted by molar-refractivity contribution is -0.142. The fourth-order valence-corrected chi connectivity index (χ4v) is 1.33. The van der Waals surface area contributed by atoms with Crippen molar-refractivity contribution >= 4 is 11.7 Å². The molecule has 82 valence electrons. The molecule has 1 aromatic rings. The lowest BCUT2D eigenvalue weighted by atomic mass is 10.1. The largest absolute Gasteiger partial charge is 0.468 e. The molecule has 1 atom stereocenters. The van der Waals surface area contributed by atoms with E-state index in [9.17, 15) is 4.79 Å². The Balaban J connectivity index is 2.66. The van der Waals surface area contributed by atoms with Crippen LogP contribution in [0.5, 0.6) is 0 Å². The van der Waals surface area contributed by atoms with Gasteiger partial charge >= 0.3 is 5.97 Å². The first-order valence-corrected chi connectivity index (χ1v) is 4.77. The highest BCUT2D eigenvalue weighted by molar-refractivity contribution is 5.76. The number of anilines is 1. The summed E-state index contributed by atoms with van der Waals surface area (Å²) in [6, 6.07) is 7.14. The number of likely N-dealkylation sites (N-methyl/N-ethyl adjacent to an activating group) is 1. The summed E-state index contributed by atoms with van der Waals surface area (Å²) < 4.78 is 4.67. The van der Waals surface area contributed by atoms with Gasteiger partial charge in [0.25, 0.3) is 0 Å². The number of nitrogens with one attached hydrogen (secondary N) is 1. The first-order chi connectivity index (χ1) is 7.17. The summed E-state index contributed by atoms with van der Waals surface area (Å²) in [5.41, 5.74) is 7.34. The van der Waals surface area contributed by atoms with Gasteiger partial charge in [-0.25, -0.2) is 0 Å². The molecule has 0 spiro atoms. The number of ether oxygens (including phenoxy) is 1. The van der Waals surface area contributed by atoms with Crippen LogP contribution >= 0.6 is 0 Å². The van der Waals surface area contributed by atoms with Crippen molar-refractivity contribution in [1.29, 1.82) is 0 Å². The van der Waals surface area contributed by atoms with Gasteiger partial charge in [-0.05, 0) is 31.2 Å². The molecular weight excluding hydrogens is 192 g/mol. The molecule has 15 heavy (non-hydrogen) atoms. The van der Waals surface area contributed by atoms with E-state index in [0.717, 1.165) is 11.3 Å². The van der Waals surface area contributed by atoms with E-state index in [1.54, 1.807) is 7.05 Å². The van der Waals surface area contributed by atoms with E-state index in [-0.39, 0.29) is 12.0 Å². The molecule has 4 heteroatoms. The molecule has 1 unspecified atom stereocenters. The second-order valence-electron chi connectivity index (χ2n) is 3.31. The van der Waals surface area contributed by atoms with Crippen LogP contribution in [0, 0.1) is 0 Å². The van der Waals surface area contributed by atoms with Crippen molar-refractivity contribution in [3.8, 4) is 0 Å². The summed E-state index contributed by atoms with van der Waals surface area (Å²) in [5.74, 6) is -0.255. The highest BCUT2D eigenvalue weighted by atomic mass is 16.5. The number of hydrogen-bond donors (Lipinski definition) is 2. The van der Waals surface area contributed by atoms with Gasteiger partial charge in [0, 0.05) is 5.69 Å². The molecule has 0 aliphatic rings. The third kappa shape index (κ3) is 3.25. The molecule has 0 heterocycles. The predicted octanol–water partition coefficient (Wildman–Crippen LogP) is 0.572. The van der Waals surface area contributed by atoms with E-state index in [0.29, 0.717) is 6.42 Å². The third-order valence-electron chi connectivity index (χ3n) is 2.25. The number of esters is 1. The zero-order valence-electron chi connectivity index (χ0n) is 8.99. The molecule has 0 saturated carbocycles. The van der Waals surface area contributed by atoms with Gasteiger partial charge in [0.05, 0.1) is 7.11 Å². The van der Waals surface area contributed by atoms with E-state index in [1.165, 1.54) is 7.11 Å². The van der Waals surface area contributed by atoms with Crippen molar-refractivity contribution in [2.75, 3.05) is 19.9 Å². The minimum absolute atomic E-state index is 0.255. The maximum Gasteiger partial charge on any atom is 0.323 e. The number of methoxy groups -OCH3 is 1. The van der Waals surface area contributed by atoms with Crippen LogP contribution in [0.1, 0.15) is 5.56 Å². The van der Waals surface area contributed by atoms with Crippen molar-refractivity contribution in [3.63, 3.8) is 0 Å². The van der Waals surface area contributed by atoms with Crippen molar-refractivity contribution in [1.82, 2.24) is 5.32 Å². The summed E-state index contributed by atoms with van der Waals surface area (Å²) in [7, 11) is 3.12. The molecule has 0 aliphatic heterocycles. The van der Waals surface area contributed by atoms with Crippen LogP contribution in [0.4, 0.5) is 5.69 Å². The van der Waals surface area contributed by atoms with Gasteiger partial charge in [-0.1, -0.05) is 12.1 Å². The van der Waals surface area contributed by atoms with Gasteiger partial charge in [0.15, 0.2) is 0 Å². The summed E-state index contributed by atoms with van der Waals surface area (Å²) >= 11 is 0. The van der Waals surface area contributed by atoms with E-state index in [1.807, 2.05) is 24.3 Å². The number of nitrogens with two attached hydrogens (primary N) is 1. The molecule has 0 aliphatic carbocycles. The number of hydrogen-bond acceptors (Lipinski definition) is 4. The number of nitrogen functional groups attached to an aromatic ring is 1. The number of benzene rings is 1. The molecule has 0 aromatic heterocycles. The van der Waals surface area contributed by atoms with Crippen LogP contribution in [0.3, 0.4) is 0 Å². The summed E-state index contributed by atoms with van der Waals surface area (Å²) in [6.45, 7) is 0. The Morgan fingerprint density at radius 3 is 2.53 bits per heavy atom. The van der Waals surface area contributed by atoms with Gasteiger partial charge in [-0.15, -0.1) is 0 Å². The van der Waals surface area contributed by atoms with Gasteiger partial charge < -0.3 is 15.8 Å². The third-order valence-corrected chi connectivity index (χ3v) is 2.25. The first kappa shape index (κ1) is 11.5. The Bertz CT molecular complexity index is 322.